The maximum absolute atomic E-state index is 12.3. The monoisotopic (exact) mass is 513 g/mol. The van der Waals surface area contributed by atoms with Crippen molar-refractivity contribution in [3.05, 3.63) is 64.1 Å². The van der Waals surface area contributed by atoms with Crippen LogP contribution in [-0.4, -0.2) is 11.2 Å². The lowest BCUT2D eigenvalue weighted by Gasteiger charge is -2.14. The Bertz CT molecular complexity index is 716. The van der Waals surface area contributed by atoms with E-state index < -0.39 is 0 Å². The van der Waals surface area contributed by atoms with Crippen LogP contribution >= 0.6 is 32.9 Å². The molecule has 28 heavy (non-hydrogen) atoms. The van der Waals surface area contributed by atoms with E-state index in [9.17, 15) is 4.79 Å². The van der Waals surface area contributed by atoms with Crippen LogP contribution in [0.25, 0.3) is 0 Å². The summed E-state index contributed by atoms with van der Waals surface area (Å²) in [5, 5.41) is 0.646. The quantitative estimate of drug-likeness (QED) is 0.215. The number of aromatic nitrogens is 1. The van der Waals surface area contributed by atoms with Crippen molar-refractivity contribution in [3.8, 4) is 5.75 Å². The minimum atomic E-state index is -0.0340. The number of hydrogen-bond donors (Lipinski definition) is 0. The van der Waals surface area contributed by atoms with Gasteiger partial charge in [-0.25, -0.2) is 0 Å². The van der Waals surface area contributed by atoms with Crippen LogP contribution in [0.15, 0.2) is 47.4 Å². The van der Waals surface area contributed by atoms with E-state index in [1.165, 1.54) is 50.5 Å². The van der Waals surface area contributed by atoms with Gasteiger partial charge >= 0.3 is 0 Å². The van der Waals surface area contributed by atoms with Gasteiger partial charge in [-0.2, -0.15) is 0 Å². The Hall–Kier alpha value is -1.07. The van der Waals surface area contributed by atoms with Gasteiger partial charge in [0.25, 0.3) is 0 Å². The third kappa shape index (κ3) is 8.95. The number of nitrogens with zero attached hydrogens (tertiary/aromatic N) is 1. The number of hydrogen-bond acceptors (Lipinski definition) is 2. The van der Waals surface area contributed by atoms with Gasteiger partial charge in [0.15, 0.2) is 5.75 Å². The molecule has 156 valence electrons. The Morgan fingerprint density at radius 3 is 2.25 bits per heavy atom. The summed E-state index contributed by atoms with van der Waals surface area (Å²) in [6, 6.07) is 11.9. The zero-order valence-electron chi connectivity index (χ0n) is 16.9. The highest BCUT2D eigenvalue weighted by molar-refractivity contribution is 9.08. The lowest BCUT2D eigenvalue weighted by atomic mass is 10.1. The molecule has 0 N–H and O–H groups in total. The van der Waals surface area contributed by atoms with Crippen LogP contribution in [-0.2, 0) is 11.9 Å². The van der Waals surface area contributed by atoms with Crippen molar-refractivity contribution < 1.29 is 4.74 Å². The average Bonchev–Trinajstić information content (AvgIpc) is 2.69. The maximum atomic E-state index is 12.3. The molecule has 0 aliphatic carbocycles. The molecule has 0 atom stereocenters. The number of benzene rings is 1. The van der Waals surface area contributed by atoms with Gasteiger partial charge in [-0.1, -0.05) is 98.1 Å². The summed E-state index contributed by atoms with van der Waals surface area (Å²) >= 11 is 3.48. The van der Waals surface area contributed by atoms with Gasteiger partial charge < -0.3 is 9.30 Å². The molecule has 5 heteroatoms. The second-order valence-corrected chi connectivity index (χ2v) is 7.62. The predicted octanol–water partition coefficient (Wildman–Crippen LogP) is 6.89. The molecule has 1 aromatic heterocycles. The highest BCUT2D eigenvalue weighted by atomic mass is 79.9. The third-order valence-electron chi connectivity index (χ3n) is 4.77. The van der Waals surface area contributed by atoms with Gasteiger partial charge in [0.1, 0.15) is 0 Å². The minimum Gasteiger partial charge on any atom is -0.488 e. The van der Waals surface area contributed by atoms with Gasteiger partial charge in [0.2, 0.25) is 5.43 Å². The molecule has 1 heterocycles. The van der Waals surface area contributed by atoms with E-state index in [1.54, 1.807) is 6.07 Å². The molecule has 0 amide bonds. The topological polar surface area (TPSA) is 31.2 Å². The third-order valence-corrected chi connectivity index (χ3v) is 5.35. The van der Waals surface area contributed by atoms with Gasteiger partial charge in [0.05, 0.1) is 12.8 Å². The second kappa shape index (κ2) is 14.9. The van der Waals surface area contributed by atoms with Gasteiger partial charge in [-0.3, -0.25) is 4.79 Å². The summed E-state index contributed by atoms with van der Waals surface area (Å²) in [6.07, 6.45) is 11.9. The van der Waals surface area contributed by atoms with Crippen LogP contribution in [0.4, 0.5) is 0 Å². The molecule has 0 bridgehead atoms. The fourth-order valence-electron chi connectivity index (χ4n) is 3.16. The Morgan fingerprint density at radius 2 is 1.61 bits per heavy atom. The van der Waals surface area contributed by atoms with Crippen LogP contribution in [0.5, 0.6) is 5.75 Å². The minimum absolute atomic E-state index is 0. The molecule has 0 aliphatic heterocycles. The highest BCUT2D eigenvalue weighted by Gasteiger charge is 2.08. The molecular formula is C23H33Br2NO2. The Morgan fingerprint density at radius 1 is 0.964 bits per heavy atom. The zero-order valence-corrected chi connectivity index (χ0v) is 20.2. The summed E-state index contributed by atoms with van der Waals surface area (Å²) in [5.74, 6) is 0.457. The predicted molar refractivity (Wildman–Crippen MR) is 127 cm³/mol. The normalized spacial score (nSPS) is 10.5. The summed E-state index contributed by atoms with van der Waals surface area (Å²) < 4.78 is 7.90. The first kappa shape index (κ1) is 25.0. The number of ether oxygens (including phenoxy) is 1. The van der Waals surface area contributed by atoms with Crippen molar-refractivity contribution in [1.29, 1.82) is 0 Å². The number of unbranched alkanes of at least 4 members (excludes halogenated alkanes) is 7. The molecule has 0 unspecified atom stereocenters. The molecule has 0 saturated heterocycles. The molecule has 0 radical (unpaired) electrons. The van der Waals surface area contributed by atoms with Crippen molar-refractivity contribution in [2.45, 2.75) is 70.2 Å². The fourth-order valence-corrected chi connectivity index (χ4v) is 3.65. The lowest BCUT2D eigenvalue weighted by molar-refractivity contribution is 0.298. The molecule has 2 aromatic rings. The van der Waals surface area contributed by atoms with Crippen molar-refractivity contribution >= 4 is 32.9 Å². The van der Waals surface area contributed by atoms with E-state index in [0.717, 1.165) is 18.7 Å². The van der Waals surface area contributed by atoms with E-state index in [2.05, 4.69) is 39.6 Å². The Labute approximate surface area is 188 Å². The summed E-state index contributed by atoms with van der Waals surface area (Å²) in [4.78, 5) is 12.3. The van der Waals surface area contributed by atoms with Crippen LogP contribution in [0.3, 0.4) is 0 Å². The first-order valence-electron chi connectivity index (χ1n) is 10.2. The molecule has 3 nitrogen and oxygen atoms in total. The number of pyridine rings is 1. The standard InChI is InChI=1S/C23H32BrNO2.BrH/c1-2-3-4-5-6-7-8-12-15-27-23-19-25(21(17-24)16-22(23)26)18-20-13-10-9-11-14-20;/h9-11,13-14,16,19H,2-8,12,15,17-18H2,1H3;1H. The molecule has 0 aliphatic rings. The molecule has 0 spiro atoms. The van der Waals surface area contributed by atoms with E-state index in [1.807, 2.05) is 24.4 Å². The van der Waals surface area contributed by atoms with Crippen LogP contribution in [0, 0.1) is 0 Å². The largest absolute Gasteiger partial charge is 0.488 e. The first-order valence-corrected chi connectivity index (χ1v) is 11.3. The summed E-state index contributed by atoms with van der Waals surface area (Å²) in [6.45, 7) is 3.59. The Kier molecular flexibility index (Phi) is 13.3. The van der Waals surface area contributed by atoms with E-state index in [-0.39, 0.29) is 22.4 Å². The fraction of sp³-hybridized carbons (Fsp3) is 0.522. The van der Waals surface area contributed by atoms with E-state index >= 15 is 0 Å². The van der Waals surface area contributed by atoms with Gasteiger partial charge in [-0.05, 0) is 12.0 Å². The average molecular weight is 515 g/mol. The van der Waals surface area contributed by atoms with Crippen molar-refractivity contribution in [2.24, 2.45) is 0 Å². The number of alkyl halides is 1. The van der Waals surface area contributed by atoms with E-state index in [4.69, 9.17) is 4.74 Å². The van der Waals surface area contributed by atoms with Crippen molar-refractivity contribution in [3.63, 3.8) is 0 Å². The first-order chi connectivity index (χ1) is 13.2. The van der Waals surface area contributed by atoms with Crippen molar-refractivity contribution in [2.75, 3.05) is 6.61 Å². The van der Waals surface area contributed by atoms with Crippen LogP contribution in [0.2, 0.25) is 0 Å². The van der Waals surface area contributed by atoms with E-state index in [0.29, 0.717) is 17.7 Å². The van der Waals surface area contributed by atoms with Gasteiger partial charge in [-0.15, -0.1) is 17.0 Å². The molecule has 2 rings (SSSR count). The zero-order chi connectivity index (χ0) is 19.3. The number of halogens is 2. The summed E-state index contributed by atoms with van der Waals surface area (Å²) in [5.41, 5.74) is 2.13. The molecule has 0 saturated carbocycles. The second-order valence-electron chi connectivity index (χ2n) is 7.06. The Balaban J connectivity index is 0.00000392. The maximum Gasteiger partial charge on any atom is 0.223 e. The van der Waals surface area contributed by atoms with Gasteiger partial charge in [0, 0.05) is 23.6 Å². The van der Waals surface area contributed by atoms with Crippen LogP contribution in [0.1, 0.15) is 69.5 Å². The van der Waals surface area contributed by atoms with Crippen molar-refractivity contribution in [1.82, 2.24) is 4.57 Å². The SMILES string of the molecule is Br.CCCCCCCCCCOc1cn(Cc2ccccc2)c(CBr)cc1=O. The smallest absolute Gasteiger partial charge is 0.223 e. The lowest BCUT2D eigenvalue weighted by Crippen LogP contribution is -2.16. The molecule has 0 fully saturated rings. The molecular weight excluding hydrogens is 482 g/mol. The highest BCUT2D eigenvalue weighted by Crippen LogP contribution is 2.14. The number of rotatable bonds is 13. The molecule has 1 aromatic carbocycles. The summed E-state index contributed by atoms with van der Waals surface area (Å²) in [7, 11) is 0. The van der Waals surface area contributed by atoms with Crippen LogP contribution < -0.4 is 10.2 Å².